The van der Waals surface area contributed by atoms with Crippen LogP contribution in [0.4, 0.5) is 8.78 Å². The molecule has 0 N–H and O–H groups in total. The van der Waals surface area contributed by atoms with E-state index in [0.29, 0.717) is 28.9 Å². The van der Waals surface area contributed by atoms with E-state index in [-0.39, 0.29) is 18.2 Å². The Morgan fingerprint density at radius 1 is 0.929 bits per heavy atom. The summed E-state index contributed by atoms with van der Waals surface area (Å²) in [7, 11) is 0. The molecule has 2 heterocycles. The second kappa shape index (κ2) is 7.82. The number of hydrogen-bond acceptors (Lipinski definition) is 5. The molecule has 4 rings (SSSR count). The molecular formula is C20H13ClF2N2O3. The fourth-order valence-corrected chi connectivity index (χ4v) is 2.64. The van der Waals surface area contributed by atoms with Gasteiger partial charge in [0.25, 0.3) is 5.89 Å². The van der Waals surface area contributed by atoms with Crippen LogP contribution in [0.1, 0.15) is 17.2 Å². The van der Waals surface area contributed by atoms with E-state index in [1.165, 1.54) is 6.07 Å². The van der Waals surface area contributed by atoms with Crippen molar-refractivity contribution >= 4 is 11.6 Å². The largest absolute Gasteiger partial charge is 0.483 e. The maximum absolute atomic E-state index is 13.6. The monoisotopic (exact) mass is 402 g/mol. The topological polar surface area (TPSA) is 61.3 Å². The molecule has 0 aliphatic heterocycles. The van der Waals surface area contributed by atoms with Crippen LogP contribution in [0.2, 0.25) is 5.02 Å². The number of aromatic nitrogens is 2. The Morgan fingerprint density at radius 2 is 1.75 bits per heavy atom. The van der Waals surface area contributed by atoms with Crippen LogP contribution < -0.4 is 4.74 Å². The number of halogens is 3. The SMILES string of the molecule is Fc1ccc(OCc2ccc(-c3nnc(Cc4ccc(Cl)cc4)o3)o2)c(F)c1. The van der Waals surface area contributed by atoms with Crippen LogP contribution in [-0.2, 0) is 13.0 Å². The van der Waals surface area contributed by atoms with Crippen LogP contribution in [0.5, 0.6) is 5.75 Å². The van der Waals surface area contributed by atoms with Crippen molar-refractivity contribution in [2.24, 2.45) is 0 Å². The summed E-state index contributed by atoms with van der Waals surface area (Å²) in [6, 6.07) is 13.7. The lowest BCUT2D eigenvalue weighted by atomic mass is 10.1. The first-order valence-electron chi connectivity index (χ1n) is 8.30. The van der Waals surface area contributed by atoms with Gasteiger partial charge in [-0.05, 0) is 42.0 Å². The molecule has 0 aliphatic rings. The lowest BCUT2D eigenvalue weighted by Crippen LogP contribution is -1.96. The van der Waals surface area contributed by atoms with E-state index >= 15 is 0 Å². The summed E-state index contributed by atoms with van der Waals surface area (Å²) >= 11 is 5.87. The number of hydrogen-bond donors (Lipinski definition) is 0. The van der Waals surface area contributed by atoms with Gasteiger partial charge >= 0.3 is 0 Å². The molecule has 0 atom stereocenters. The van der Waals surface area contributed by atoms with Gasteiger partial charge in [-0.15, -0.1) is 10.2 Å². The van der Waals surface area contributed by atoms with Gasteiger partial charge in [0.05, 0.1) is 6.42 Å². The van der Waals surface area contributed by atoms with Gasteiger partial charge < -0.3 is 13.6 Å². The summed E-state index contributed by atoms with van der Waals surface area (Å²) in [5.41, 5.74) is 0.981. The first kappa shape index (κ1) is 18.2. The third-order valence-electron chi connectivity index (χ3n) is 3.87. The number of benzene rings is 2. The normalized spacial score (nSPS) is 11.0. The minimum atomic E-state index is -0.782. The van der Waals surface area contributed by atoms with Gasteiger partial charge in [-0.3, -0.25) is 0 Å². The molecule has 0 fully saturated rings. The molecule has 0 saturated carbocycles. The molecule has 0 unspecified atom stereocenters. The van der Waals surface area contributed by atoms with Crippen molar-refractivity contribution in [3.8, 4) is 17.4 Å². The van der Waals surface area contributed by atoms with Crippen LogP contribution in [0.3, 0.4) is 0 Å². The molecule has 2 aromatic carbocycles. The molecule has 142 valence electrons. The van der Waals surface area contributed by atoms with Gasteiger partial charge in [0.1, 0.15) is 18.2 Å². The van der Waals surface area contributed by atoms with Crippen molar-refractivity contribution in [1.29, 1.82) is 0 Å². The Hall–Kier alpha value is -3.19. The van der Waals surface area contributed by atoms with Crippen LogP contribution in [0.15, 0.2) is 63.4 Å². The predicted octanol–water partition coefficient (Wildman–Crippen LogP) is 5.43. The molecule has 5 nitrogen and oxygen atoms in total. The summed E-state index contributed by atoms with van der Waals surface area (Å²) in [4.78, 5) is 0. The minimum Gasteiger partial charge on any atom is -0.483 e. The first-order valence-corrected chi connectivity index (χ1v) is 8.68. The van der Waals surface area contributed by atoms with Crippen molar-refractivity contribution < 1.29 is 22.4 Å². The smallest absolute Gasteiger partial charge is 0.283 e. The van der Waals surface area contributed by atoms with Gasteiger partial charge in [-0.25, -0.2) is 8.78 Å². The highest BCUT2D eigenvalue weighted by Gasteiger charge is 2.14. The Labute approximate surface area is 163 Å². The summed E-state index contributed by atoms with van der Waals surface area (Å²) in [5, 5.41) is 8.64. The zero-order chi connectivity index (χ0) is 19.5. The highest BCUT2D eigenvalue weighted by atomic mass is 35.5. The average molecular weight is 403 g/mol. The van der Waals surface area contributed by atoms with Crippen molar-refractivity contribution in [2.75, 3.05) is 0 Å². The molecule has 0 amide bonds. The minimum absolute atomic E-state index is 0.0334. The van der Waals surface area contributed by atoms with Crippen molar-refractivity contribution in [2.45, 2.75) is 13.0 Å². The Morgan fingerprint density at radius 3 is 2.54 bits per heavy atom. The highest BCUT2D eigenvalue weighted by molar-refractivity contribution is 6.30. The molecule has 0 bridgehead atoms. The van der Waals surface area contributed by atoms with E-state index < -0.39 is 11.6 Å². The maximum Gasteiger partial charge on any atom is 0.283 e. The number of rotatable bonds is 6. The summed E-state index contributed by atoms with van der Waals surface area (Å²) < 4.78 is 43.0. The molecule has 4 aromatic rings. The first-order chi connectivity index (χ1) is 13.6. The average Bonchev–Trinajstić information content (AvgIpc) is 3.32. The van der Waals surface area contributed by atoms with Crippen LogP contribution in [-0.4, -0.2) is 10.2 Å². The predicted molar refractivity (Wildman–Crippen MR) is 96.9 cm³/mol. The Kier molecular flexibility index (Phi) is 5.08. The van der Waals surface area contributed by atoms with Gasteiger partial charge in [-0.2, -0.15) is 0 Å². The molecule has 8 heteroatoms. The summed E-state index contributed by atoms with van der Waals surface area (Å²) in [6.07, 6.45) is 0.463. The maximum atomic E-state index is 13.6. The van der Waals surface area contributed by atoms with Crippen LogP contribution in [0, 0.1) is 11.6 Å². The summed E-state index contributed by atoms with van der Waals surface area (Å²) in [6.45, 7) is -0.0334. The fraction of sp³-hybridized carbons (Fsp3) is 0.100. The highest BCUT2D eigenvalue weighted by Crippen LogP contribution is 2.24. The lowest BCUT2D eigenvalue weighted by molar-refractivity contribution is 0.258. The third-order valence-corrected chi connectivity index (χ3v) is 4.12. The molecule has 0 aliphatic carbocycles. The molecule has 0 saturated heterocycles. The summed E-state index contributed by atoms with van der Waals surface area (Å²) in [5.74, 6) is -0.0684. The van der Waals surface area contributed by atoms with E-state index in [0.717, 1.165) is 17.7 Å². The second-order valence-corrected chi connectivity index (χ2v) is 6.37. The van der Waals surface area contributed by atoms with Crippen LogP contribution >= 0.6 is 11.6 Å². The lowest BCUT2D eigenvalue weighted by Gasteiger charge is -2.05. The van der Waals surface area contributed by atoms with Gasteiger partial charge in [0.15, 0.2) is 17.3 Å². The molecular weight excluding hydrogens is 390 g/mol. The standard InChI is InChI=1S/C20H13ClF2N2O3/c21-13-3-1-12(2-4-13)9-19-24-25-20(28-19)18-8-6-15(27-18)11-26-17-7-5-14(22)10-16(17)23/h1-8,10H,9,11H2. The van der Waals surface area contributed by atoms with Crippen LogP contribution in [0.25, 0.3) is 11.7 Å². The van der Waals surface area contributed by atoms with E-state index in [9.17, 15) is 8.78 Å². The molecule has 2 aromatic heterocycles. The van der Waals surface area contributed by atoms with Gasteiger partial charge in [0.2, 0.25) is 5.89 Å². The molecule has 28 heavy (non-hydrogen) atoms. The van der Waals surface area contributed by atoms with Gasteiger partial charge in [0, 0.05) is 11.1 Å². The third kappa shape index (κ3) is 4.20. The zero-order valence-corrected chi connectivity index (χ0v) is 15.1. The Bertz CT molecular complexity index is 1090. The zero-order valence-electron chi connectivity index (χ0n) is 14.4. The van der Waals surface area contributed by atoms with E-state index in [1.807, 2.05) is 12.1 Å². The van der Waals surface area contributed by atoms with Gasteiger partial charge in [-0.1, -0.05) is 23.7 Å². The number of ether oxygens (including phenoxy) is 1. The fourth-order valence-electron chi connectivity index (χ4n) is 2.51. The molecule has 0 radical (unpaired) electrons. The number of furan rings is 1. The second-order valence-electron chi connectivity index (χ2n) is 5.93. The number of nitrogens with zero attached hydrogens (tertiary/aromatic N) is 2. The Balaban J connectivity index is 1.41. The van der Waals surface area contributed by atoms with E-state index in [4.69, 9.17) is 25.2 Å². The van der Waals surface area contributed by atoms with Crippen molar-refractivity contribution in [3.63, 3.8) is 0 Å². The quantitative estimate of drug-likeness (QED) is 0.430. The van der Waals surface area contributed by atoms with E-state index in [2.05, 4.69) is 10.2 Å². The van der Waals surface area contributed by atoms with Crippen molar-refractivity contribution in [1.82, 2.24) is 10.2 Å². The molecule has 0 spiro atoms. The van der Waals surface area contributed by atoms with Crippen molar-refractivity contribution in [3.05, 3.63) is 88.5 Å². The van der Waals surface area contributed by atoms with E-state index in [1.54, 1.807) is 24.3 Å².